The summed E-state index contributed by atoms with van der Waals surface area (Å²) in [6, 6.07) is 8.89. The molecule has 0 radical (unpaired) electrons. The van der Waals surface area contributed by atoms with Gasteiger partial charge in [-0.3, -0.25) is 4.79 Å². The van der Waals surface area contributed by atoms with Crippen LogP contribution in [0.1, 0.15) is 30.4 Å². The highest BCUT2D eigenvalue weighted by Crippen LogP contribution is 2.07. The van der Waals surface area contributed by atoms with Crippen molar-refractivity contribution in [3.05, 3.63) is 35.4 Å². The quantitative estimate of drug-likeness (QED) is 0.831. The first-order valence-electron chi connectivity index (χ1n) is 6.79. The van der Waals surface area contributed by atoms with Gasteiger partial charge in [-0.1, -0.05) is 29.8 Å². The van der Waals surface area contributed by atoms with Crippen LogP contribution in [0.3, 0.4) is 0 Å². The van der Waals surface area contributed by atoms with Crippen molar-refractivity contribution in [1.82, 2.24) is 10.6 Å². The lowest BCUT2D eigenvalue weighted by Gasteiger charge is -2.11. The second-order valence-corrected chi connectivity index (χ2v) is 5.10. The topological polar surface area (TPSA) is 41.1 Å². The molecule has 18 heavy (non-hydrogen) atoms. The van der Waals surface area contributed by atoms with Gasteiger partial charge in [-0.05, 0) is 38.3 Å². The van der Waals surface area contributed by atoms with Crippen molar-refractivity contribution in [2.75, 3.05) is 13.1 Å². The third-order valence-corrected chi connectivity index (χ3v) is 3.42. The van der Waals surface area contributed by atoms with Crippen molar-refractivity contribution in [2.45, 2.75) is 38.6 Å². The second-order valence-electron chi connectivity index (χ2n) is 5.10. The van der Waals surface area contributed by atoms with E-state index in [1.165, 1.54) is 11.1 Å². The van der Waals surface area contributed by atoms with Crippen LogP contribution < -0.4 is 10.6 Å². The van der Waals surface area contributed by atoms with Gasteiger partial charge in [0.1, 0.15) is 0 Å². The average Bonchev–Trinajstić information content (AvgIpc) is 2.84. The van der Waals surface area contributed by atoms with E-state index in [1.54, 1.807) is 0 Å². The molecule has 3 heteroatoms. The van der Waals surface area contributed by atoms with E-state index in [2.05, 4.69) is 41.8 Å². The first kappa shape index (κ1) is 13.1. The van der Waals surface area contributed by atoms with Gasteiger partial charge in [-0.15, -0.1) is 0 Å². The number of carbonyl (C=O) groups excluding carboxylic acids is 1. The van der Waals surface area contributed by atoms with Crippen LogP contribution in [-0.4, -0.2) is 25.0 Å². The molecule has 1 amide bonds. The van der Waals surface area contributed by atoms with Gasteiger partial charge >= 0.3 is 0 Å². The molecule has 1 heterocycles. The fourth-order valence-corrected chi connectivity index (χ4v) is 2.29. The lowest BCUT2D eigenvalue weighted by Crippen LogP contribution is -2.36. The number of benzene rings is 1. The number of rotatable bonds is 5. The number of hydrogen-bond donors (Lipinski definition) is 2. The number of amides is 1. The summed E-state index contributed by atoms with van der Waals surface area (Å²) in [5.74, 6) is 0.191. The van der Waals surface area contributed by atoms with Gasteiger partial charge in [0, 0.05) is 19.0 Å². The summed E-state index contributed by atoms with van der Waals surface area (Å²) in [7, 11) is 0. The zero-order valence-corrected chi connectivity index (χ0v) is 11.0. The Bertz CT molecular complexity index is 380. The molecule has 98 valence electrons. The van der Waals surface area contributed by atoms with Gasteiger partial charge in [0.15, 0.2) is 0 Å². The lowest BCUT2D eigenvalue weighted by atomic mass is 10.1. The summed E-state index contributed by atoms with van der Waals surface area (Å²) in [5.41, 5.74) is 2.60. The Morgan fingerprint density at radius 1 is 1.39 bits per heavy atom. The largest absolute Gasteiger partial charge is 0.352 e. The first-order valence-corrected chi connectivity index (χ1v) is 6.79. The van der Waals surface area contributed by atoms with E-state index in [4.69, 9.17) is 0 Å². The Labute approximate surface area is 109 Å². The summed E-state index contributed by atoms with van der Waals surface area (Å²) < 4.78 is 0. The Kier molecular flexibility index (Phi) is 4.76. The smallest absolute Gasteiger partial charge is 0.220 e. The van der Waals surface area contributed by atoms with Gasteiger partial charge in [0.25, 0.3) is 0 Å². The summed E-state index contributed by atoms with van der Waals surface area (Å²) in [6.45, 7) is 4.03. The minimum absolute atomic E-state index is 0.191. The summed E-state index contributed by atoms with van der Waals surface area (Å²) in [5, 5.41) is 6.32. The van der Waals surface area contributed by atoms with E-state index in [0.717, 1.165) is 32.4 Å². The van der Waals surface area contributed by atoms with Crippen LogP contribution in [0.5, 0.6) is 0 Å². The normalized spacial score (nSPS) is 18.8. The molecule has 1 atom stereocenters. The standard InChI is InChI=1S/C15H22N2O/c1-12-5-7-13(8-6-12)3-2-4-15(18)17-14-9-10-16-11-14/h5-8,14,16H,2-4,9-11H2,1H3,(H,17,18)/t14-/m0/s1. The van der Waals surface area contributed by atoms with Gasteiger partial charge in [-0.2, -0.15) is 0 Å². The maximum absolute atomic E-state index is 11.7. The minimum Gasteiger partial charge on any atom is -0.352 e. The van der Waals surface area contributed by atoms with Crippen LogP contribution >= 0.6 is 0 Å². The minimum atomic E-state index is 0.191. The number of hydrogen-bond acceptors (Lipinski definition) is 2. The molecule has 0 spiro atoms. The zero-order chi connectivity index (χ0) is 12.8. The molecule has 2 N–H and O–H groups in total. The first-order chi connectivity index (χ1) is 8.74. The van der Waals surface area contributed by atoms with Crippen LogP contribution in [0.25, 0.3) is 0 Å². The molecule has 1 aliphatic rings. The highest BCUT2D eigenvalue weighted by molar-refractivity contribution is 5.76. The third-order valence-electron chi connectivity index (χ3n) is 3.42. The van der Waals surface area contributed by atoms with E-state index in [1.807, 2.05) is 0 Å². The van der Waals surface area contributed by atoms with E-state index in [9.17, 15) is 4.79 Å². The van der Waals surface area contributed by atoms with Gasteiger partial charge in [-0.25, -0.2) is 0 Å². The molecule has 1 aromatic rings. The molecule has 0 unspecified atom stereocenters. The van der Waals surface area contributed by atoms with Crippen molar-refractivity contribution in [3.63, 3.8) is 0 Å². The molecule has 2 rings (SSSR count). The predicted molar refractivity (Wildman–Crippen MR) is 73.5 cm³/mol. The van der Waals surface area contributed by atoms with Crippen LogP contribution in [0.15, 0.2) is 24.3 Å². The highest BCUT2D eigenvalue weighted by atomic mass is 16.1. The summed E-state index contributed by atoms with van der Waals surface area (Å²) >= 11 is 0. The molecular weight excluding hydrogens is 224 g/mol. The molecule has 3 nitrogen and oxygen atoms in total. The van der Waals surface area contributed by atoms with Gasteiger partial charge in [0.05, 0.1) is 0 Å². The summed E-state index contributed by atoms with van der Waals surface area (Å²) in [6.07, 6.45) is 3.60. The Morgan fingerprint density at radius 2 is 2.17 bits per heavy atom. The molecule has 0 aliphatic carbocycles. The molecule has 1 aromatic carbocycles. The Balaban J connectivity index is 1.65. The molecule has 0 aromatic heterocycles. The fourth-order valence-electron chi connectivity index (χ4n) is 2.29. The molecule has 0 saturated carbocycles. The van der Waals surface area contributed by atoms with Crippen LogP contribution in [0.2, 0.25) is 0 Å². The van der Waals surface area contributed by atoms with Crippen molar-refractivity contribution in [1.29, 1.82) is 0 Å². The zero-order valence-electron chi connectivity index (χ0n) is 11.0. The fraction of sp³-hybridized carbons (Fsp3) is 0.533. The summed E-state index contributed by atoms with van der Waals surface area (Å²) in [4.78, 5) is 11.7. The number of aryl methyl sites for hydroxylation is 2. The molecule has 1 aliphatic heterocycles. The highest BCUT2D eigenvalue weighted by Gasteiger charge is 2.15. The van der Waals surface area contributed by atoms with Crippen molar-refractivity contribution in [3.8, 4) is 0 Å². The van der Waals surface area contributed by atoms with Crippen molar-refractivity contribution >= 4 is 5.91 Å². The van der Waals surface area contributed by atoms with Crippen molar-refractivity contribution < 1.29 is 4.79 Å². The Hall–Kier alpha value is -1.35. The average molecular weight is 246 g/mol. The second kappa shape index (κ2) is 6.55. The SMILES string of the molecule is Cc1ccc(CCCC(=O)N[C@H]2CCNC2)cc1. The van der Waals surface area contributed by atoms with E-state index in [-0.39, 0.29) is 5.91 Å². The predicted octanol–water partition coefficient (Wildman–Crippen LogP) is 1.80. The molecule has 1 saturated heterocycles. The van der Waals surface area contributed by atoms with Gasteiger partial charge in [0.2, 0.25) is 5.91 Å². The molecular formula is C15H22N2O. The number of carbonyl (C=O) groups is 1. The van der Waals surface area contributed by atoms with Crippen LogP contribution in [0, 0.1) is 6.92 Å². The molecule has 1 fully saturated rings. The third kappa shape index (κ3) is 4.15. The lowest BCUT2D eigenvalue weighted by molar-refractivity contribution is -0.121. The maximum atomic E-state index is 11.7. The molecule has 0 bridgehead atoms. The van der Waals surface area contributed by atoms with Crippen LogP contribution in [-0.2, 0) is 11.2 Å². The maximum Gasteiger partial charge on any atom is 0.220 e. The van der Waals surface area contributed by atoms with Crippen molar-refractivity contribution in [2.24, 2.45) is 0 Å². The van der Waals surface area contributed by atoms with Gasteiger partial charge < -0.3 is 10.6 Å². The van der Waals surface area contributed by atoms with E-state index in [0.29, 0.717) is 12.5 Å². The monoisotopic (exact) mass is 246 g/mol. The number of nitrogens with one attached hydrogen (secondary N) is 2. The Morgan fingerprint density at radius 3 is 2.83 bits per heavy atom. The van der Waals surface area contributed by atoms with E-state index >= 15 is 0 Å². The van der Waals surface area contributed by atoms with E-state index < -0.39 is 0 Å². The van der Waals surface area contributed by atoms with Crippen LogP contribution in [0.4, 0.5) is 0 Å².